The molecular formula is C19H20FN3O3. The first-order valence-electron chi connectivity index (χ1n) is 8.53. The Morgan fingerprint density at radius 2 is 1.77 bits per heavy atom. The van der Waals surface area contributed by atoms with Crippen LogP contribution in [0.2, 0.25) is 0 Å². The maximum absolute atomic E-state index is 13.2. The van der Waals surface area contributed by atoms with Crippen molar-refractivity contribution in [2.75, 3.05) is 32.7 Å². The third-order valence-electron chi connectivity index (χ3n) is 4.59. The van der Waals surface area contributed by atoms with Crippen LogP contribution in [0.4, 0.5) is 10.1 Å². The minimum atomic E-state index is -0.481. The Morgan fingerprint density at radius 3 is 2.38 bits per heavy atom. The number of nitro benzene ring substituents is 1. The van der Waals surface area contributed by atoms with Crippen LogP contribution in [-0.4, -0.2) is 53.4 Å². The van der Waals surface area contributed by atoms with Gasteiger partial charge in [-0.05, 0) is 36.2 Å². The second kappa shape index (κ2) is 8.05. The predicted octanol–water partition coefficient (Wildman–Crippen LogP) is 2.73. The maximum atomic E-state index is 13.2. The first kappa shape index (κ1) is 18.0. The van der Waals surface area contributed by atoms with E-state index in [2.05, 4.69) is 4.90 Å². The molecule has 1 amide bonds. The number of piperazine rings is 1. The van der Waals surface area contributed by atoms with Crippen molar-refractivity contribution in [1.82, 2.24) is 9.80 Å². The minimum absolute atomic E-state index is 0.0243. The van der Waals surface area contributed by atoms with Gasteiger partial charge in [0.05, 0.1) is 4.92 Å². The second-order valence-electron chi connectivity index (χ2n) is 6.32. The van der Waals surface area contributed by atoms with E-state index < -0.39 is 4.92 Å². The van der Waals surface area contributed by atoms with E-state index in [1.54, 1.807) is 17.0 Å². The molecule has 136 valence electrons. The molecule has 26 heavy (non-hydrogen) atoms. The summed E-state index contributed by atoms with van der Waals surface area (Å²) in [5, 5.41) is 10.7. The van der Waals surface area contributed by atoms with E-state index in [0.29, 0.717) is 18.7 Å². The van der Waals surface area contributed by atoms with Crippen LogP contribution in [0.25, 0.3) is 0 Å². The number of hydrogen-bond acceptors (Lipinski definition) is 4. The van der Waals surface area contributed by atoms with E-state index in [-0.39, 0.29) is 17.4 Å². The van der Waals surface area contributed by atoms with E-state index in [9.17, 15) is 19.3 Å². The lowest BCUT2D eigenvalue weighted by molar-refractivity contribution is -0.384. The summed E-state index contributed by atoms with van der Waals surface area (Å²) < 4.78 is 13.2. The van der Waals surface area contributed by atoms with Gasteiger partial charge in [-0.15, -0.1) is 0 Å². The molecule has 2 aromatic rings. The second-order valence-corrected chi connectivity index (χ2v) is 6.32. The number of carbonyl (C=O) groups excluding carboxylic acids is 1. The van der Waals surface area contributed by atoms with Crippen molar-refractivity contribution in [1.29, 1.82) is 0 Å². The van der Waals surface area contributed by atoms with Gasteiger partial charge in [-0.3, -0.25) is 19.8 Å². The number of hydrogen-bond donors (Lipinski definition) is 0. The van der Waals surface area contributed by atoms with Gasteiger partial charge in [0.25, 0.3) is 11.6 Å². The van der Waals surface area contributed by atoms with Crippen molar-refractivity contribution >= 4 is 11.6 Å². The molecular weight excluding hydrogens is 337 g/mol. The number of rotatable bonds is 5. The summed E-state index contributed by atoms with van der Waals surface area (Å²) in [5.41, 5.74) is 1.40. The molecule has 0 saturated carbocycles. The number of nitro groups is 1. The third kappa shape index (κ3) is 4.43. The zero-order valence-corrected chi connectivity index (χ0v) is 14.3. The van der Waals surface area contributed by atoms with Crippen molar-refractivity contribution in [3.8, 4) is 0 Å². The van der Waals surface area contributed by atoms with E-state index in [1.807, 2.05) is 6.07 Å². The largest absolute Gasteiger partial charge is 0.336 e. The Labute approximate surface area is 151 Å². The van der Waals surface area contributed by atoms with Gasteiger partial charge in [-0.25, -0.2) is 4.39 Å². The van der Waals surface area contributed by atoms with Gasteiger partial charge in [0.1, 0.15) is 5.82 Å². The molecule has 6 nitrogen and oxygen atoms in total. The van der Waals surface area contributed by atoms with Gasteiger partial charge in [-0.2, -0.15) is 0 Å². The molecule has 0 bridgehead atoms. The Balaban J connectivity index is 1.49. The van der Waals surface area contributed by atoms with Crippen LogP contribution in [-0.2, 0) is 6.42 Å². The molecule has 0 aromatic heterocycles. The summed E-state index contributed by atoms with van der Waals surface area (Å²) in [4.78, 5) is 26.7. The van der Waals surface area contributed by atoms with Crippen LogP contribution >= 0.6 is 0 Å². The first-order valence-corrected chi connectivity index (χ1v) is 8.53. The smallest absolute Gasteiger partial charge is 0.269 e. The molecule has 7 heteroatoms. The zero-order valence-electron chi connectivity index (χ0n) is 14.3. The average Bonchev–Trinajstić information content (AvgIpc) is 2.66. The highest BCUT2D eigenvalue weighted by molar-refractivity contribution is 5.94. The molecule has 0 radical (unpaired) electrons. The molecule has 0 spiro atoms. The van der Waals surface area contributed by atoms with Crippen molar-refractivity contribution in [2.24, 2.45) is 0 Å². The van der Waals surface area contributed by atoms with Crippen molar-refractivity contribution in [2.45, 2.75) is 6.42 Å². The molecule has 1 aliphatic heterocycles. The normalized spacial score (nSPS) is 15.0. The van der Waals surface area contributed by atoms with E-state index in [4.69, 9.17) is 0 Å². The van der Waals surface area contributed by atoms with Crippen molar-refractivity contribution < 1.29 is 14.1 Å². The van der Waals surface area contributed by atoms with Gasteiger partial charge >= 0.3 is 0 Å². The monoisotopic (exact) mass is 357 g/mol. The van der Waals surface area contributed by atoms with Gasteiger partial charge in [0.15, 0.2) is 0 Å². The molecule has 1 fully saturated rings. The molecule has 0 N–H and O–H groups in total. The molecule has 1 saturated heterocycles. The van der Waals surface area contributed by atoms with Gasteiger partial charge < -0.3 is 4.90 Å². The molecule has 0 unspecified atom stereocenters. The van der Waals surface area contributed by atoms with E-state index in [0.717, 1.165) is 31.6 Å². The lowest BCUT2D eigenvalue weighted by atomic mass is 10.1. The van der Waals surface area contributed by atoms with E-state index in [1.165, 1.54) is 30.3 Å². The number of amides is 1. The zero-order chi connectivity index (χ0) is 18.5. The average molecular weight is 357 g/mol. The summed E-state index contributed by atoms with van der Waals surface area (Å²) in [6, 6.07) is 12.3. The Hall–Kier alpha value is -2.80. The fraction of sp³-hybridized carbons (Fsp3) is 0.316. The van der Waals surface area contributed by atoms with Crippen LogP contribution in [0.3, 0.4) is 0 Å². The quantitative estimate of drug-likeness (QED) is 0.610. The highest BCUT2D eigenvalue weighted by Gasteiger charge is 2.22. The minimum Gasteiger partial charge on any atom is -0.336 e. The molecule has 3 rings (SSSR count). The standard InChI is InChI=1S/C19H20FN3O3/c20-17-3-1-2-15(14-17)8-9-21-10-12-22(13-11-21)19(24)16-4-6-18(7-5-16)23(25)26/h1-7,14H,8-13H2. The first-order chi connectivity index (χ1) is 12.5. The van der Waals surface area contributed by atoms with Crippen LogP contribution in [0.15, 0.2) is 48.5 Å². The molecule has 1 aliphatic rings. The van der Waals surface area contributed by atoms with Gasteiger partial charge in [-0.1, -0.05) is 12.1 Å². The number of non-ortho nitro benzene ring substituents is 1. The van der Waals surface area contributed by atoms with Crippen LogP contribution < -0.4 is 0 Å². The summed E-state index contributed by atoms with van der Waals surface area (Å²) >= 11 is 0. The highest BCUT2D eigenvalue weighted by Crippen LogP contribution is 2.15. The number of nitrogens with zero attached hydrogens (tertiary/aromatic N) is 3. The lowest BCUT2D eigenvalue weighted by Gasteiger charge is -2.34. The van der Waals surface area contributed by atoms with Gasteiger partial charge in [0.2, 0.25) is 0 Å². The Bertz CT molecular complexity index is 787. The highest BCUT2D eigenvalue weighted by atomic mass is 19.1. The van der Waals surface area contributed by atoms with Crippen molar-refractivity contribution in [3.05, 3.63) is 75.6 Å². The summed E-state index contributed by atoms with van der Waals surface area (Å²) in [5.74, 6) is -0.328. The fourth-order valence-corrected chi connectivity index (χ4v) is 3.06. The maximum Gasteiger partial charge on any atom is 0.269 e. The predicted molar refractivity (Wildman–Crippen MR) is 95.5 cm³/mol. The molecule has 0 atom stereocenters. The molecule has 1 heterocycles. The summed E-state index contributed by atoms with van der Waals surface area (Å²) in [6.07, 6.45) is 0.772. The number of benzene rings is 2. The topological polar surface area (TPSA) is 66.7 Å². The van der Waals surface area contributed by atoms with Crippen LogP contribution in [0.1, 0.15) is 15.9 Å². The van der Waals surface area contributed by atoms with Gasteiger partial charge in [0, 0.05) is 50.4 Å². The van der Waals surface area contributed by atoms with Crippen LogP contribution in [0.5, 0.6) is 0 Å². The fourth-order valence-electron chi connectivity index (χ4n) is 3.06. The third-order valence-corrected chi connectivity index (χ3v) is 4.59. The Morgan fingerprint density at radius 1 is 1.08 bits per heavy atom. The molecule has 0 aliphatic carbocycles. The SMILES string of the molecule is O=C(c1ccc([N+](=O)[O-])cc1)N1CCN(CCc2cccc(F)c2)CC1. The summed E-state index contributed by atoms with van der Waals surface area (Å²) in [7, 11) is 0. The number of carbonyl (C=O) groups is 1. The number of halogens is 1. The summed E-state index contributed by atoms with van der Waals surface area (Å²) in [6.45, 7) is 3.56. The Kier molecular flexibility index (Phi) is 5.58. The van der Waals surface area contributed by atoms with Crippen LogP contribution in [0, 0.1) is 15.9 Å². The molecule has 2 aromatic carbocycles. The lowest BCUT2D eigenvalue weighted by Crippen LogP contribution is -2.49. The van der Waals surface area contributed by atoms with E-state index >= 15 is 0 Å². The van der Waals surface area contributed by atoms with Crippen molar-refractivity contribution in [3.63, 3.8) is 0 Å².